The second-order valence-corrected chi connectivity index (χ2v) is 7.66. The number of benzene rings is 1. The molecule has 0 atom stereocenters. The first-order chi connectivity index (χ1) is 9.90. The van der Waals surface area contributed by atoms with E-state index in [1.807, 2.05) is 13.0 Å². The Morgan fingerprint density at radius 1 is 1.38 bits per heavy atom. The Morgan fingerprint density at radius 3 is 2.62 bits per heavy atom. The minimum Gasteiger partial charge on any atom is -0.382 e. The zero-order chi connectivity index (χ0) is 15.5. The highest BCUT2D eigenvalue weighted by molar-refractivity contribution is 7.90. The van der Waals surface area contributed by atoms with Gasteiger partial charge in [0.1, 0.15) is 0 Å². The smallest absolute Gasteiger partial charge is 0.175 e. The van der Waals surface area contributed by atoms with Crippen molar-refractivity contribution in [3.63, 3.8) is 0 Å². The lowest BCUT2D eigenvalue weighted by Crippen LogP contribution is -2.39. The van der Waals surface area contributed by atoms with E-state index in [-0.39, 0.29) is 0 Å². The van der Waals surface area contributed by atoms with Crippen LogP contribution >= 0.6 is 0 Å². The number of aryl methyl sites for hydroxylation is 1. The van der Waals surface area contributed by atoms with E-state index in [9.17, 15) is 8.42 Å². The monoisotopic (exact) mass is 306 g/mol. The van der Waals surface area contributed by atoms with Crippen molar-refractivity contribution in [2.24, 2.45) is 0 Å². The topological polar surface area (TPSA) is 49.4 Å². The molecule has 1 aliphatic heterocycles. The number of piperidine rings is 1. The van der Waals surface area contributed by atoms with E-state index in [1.54, 1.807) is 12.1 Å². The zero-order valence-corrected chi connectivity index (χ0v) is 13.4. The molecule has 0 bridgehead atoms. The molecule has 0 aromatic heterocycles. The molecule has 0 aliphatic carbocycles. The molecule has 4 nitrogen and oxygen atoms in total. The van der Waals surface area contributed by atoms with Gasteiger partial charge in [-0.2, -0.15) is 0 Å². The van der Waals surface area contributed by atoms with Crippen molar-refractivity contribution in [1.82, 2.24) is 4.90 Å². The first-order valence-electron chi connectivity index (χ1n) is 7.13. The standard InChI is InChI=1S/C16H22N2O2S/c1-4-9-18-10-7-14(8-11-18)17-16-12-15(21(3,19)20)6-5-13(16)2/h1,5-6,12,14,17H,7-11H2,2-3H3. The lowest BCUT2D eigenvalue weighted by atomic mass is 10.0. The van der Waals surface area contributed by atoms with E-state index in [0.29, 0.717) is 17.5 Å². The molecule has 21 heavy (non-hydrogen) atoms. The third-order valence-corrected chi connectivity index (χ3v) is 5.01. The van der Waals surface area contributed by atoms with Crippen LogP contribution in [-0.2, 0) is 9.84 Å². The molecule has 1 saturated heterocycles. The van der Waals surface area contributed by atoms with Crippen LogP contribution in [0.15, 0.2) is 23.1 Å². The molecule has 1 N–H and O–H groups in total. The highest BCUT2D eigenvalue weighted by Gasteiger charge is 2.19. The van der Waals surface area contributed by atoms with Gasteiger partial charge >= 0.3 is 0 Å². The molecule has 2 rings (SSSR count). The predicted molar refractivity (Wildman–Crippen MR) is 86.2 cm³/mol. The zero-order valence-electron chi connectivity index (χ0n) is 12.6. The molecule has 1 fully saturated rings. The van der Waals surface area contributed by atoms with Crippen LogP contribution in [0.25, 0.3) is 0 Å². The van der Waals surface area contributed by atoms with Gasteiger partial charge in [0.2, 0.25) is 0 Å². The van der Waals surface area contributed by atoms with Gasteiger partial charge in [-0.1, -0.05) is 12.0 Å². The van der Waals surface area contributed by atoms with Crippen molar-refractivity contribution in [3.8, 4) is 12.3 Å². The SMILES string of the molecule is C#CCN1CCC(Nc2cc(S(C)(=O)=O)ccc2C)CC1. The fraction of sp³-hybridized carbons (Fsp3) is 0.500. The minimum absolute atomic E-state index is 0.361. The highest BCUT2D eigenvalue weighted by atomic mass is 32.2. The minimum atomic E-state index is -3.17. The second kappa shape index (κ2) is 6.50. The highest BCUT2D eigenvalue weighted by Crippen LogP contribution is 2.23. The molecule has 1 aromatic rings. The van der Waals surface area contributed by atoms with Gasteiger partial charge in [-0.3, -0.25) is 4.90 Å². The Bertz CT molecular complexity index is 639. The van der Waals surface area contributed by atoms with Crippen molar-refractivity contribution < 1.29 is 8.42 Å². The number of anilines is 1. The van der Waals surface area contributed by atoms with Gasteiger partial charge in [0.25, 0.3) is 0 Å². The molecular weight excluding hydrogens is 284 g/mol. The molecular formula is C16H22N2O2S. The van der Waals surface area contributed by atoms with Crippen molar-refractivity contribution in [2.75, 3.05) is 31.2 Å². The van der Waals surface area contributed by atoms with E-state index in [2.05, 4.69) is 16.1 Å². The average molecular weight is 306 g/mol. The maximum absolute atomic E-state index is 11.7. The van der Waals surface area contributed by atoms with E-state index in [0.717, 1.165) is 37.2 Å². The van der Waals surface area contributed by atoms with Gasteiger partial charge in [-0.25, -0.2) is 8.42 Å². The van der Waals surface area contributed by atoms with Crippen LogP contribution in [0.1, 0.15) is 18.4 Å². The molecule has 1 heterocycles. The lowest BCUT2D eigenvalue weighted by Gasteiger charge is -2.32. The van der Waals surface area contributed by atoms with E-state index >= 15 is 0 Å². The number of nitrogens with zero attached hydrogens (tertiary/aromatic N) is 1. The molecule has 0 amide bonds. The molecule has 0 spiro atoms. The summed E-state index contributed by atoms with van der Waals surface area (Å²) in [6, 6.07) is 5.61. The largest absolute Gasteiger partial charge is 0.382 e. The first kappa shape index (κ1) is 15.9. The maximum Gasteiger partial charge on any atom is 0.175 e. The quantitative estimate of drug-likeness (QED) is 0.863. The summed E-state index contributed by atoms with van der Waals surface area (Å²) in [5, 5.41) is 3.48. The third kappa shape index (κ3) is 4.23. The van der Waals surface area contributed by atoms with Crippen molar-refractivity contribution in [3.05, 3.63) is 23.8 Å². The maximum atomic E-state index is 11.7. The molecule has 0 saturated carbocycles. The van der Waals surface area contributed by atoms with E-state index in [4.69, 9.17) is 6.42 Å². The van der Waals surface area contributed by atoms with Gasteiger partial charge in [0.15, 0.2) is 9.84 Å². The first-order valence-corrected chi connectivity index (χ1v) is 9.02. The van der Waals surface area contributed by atoms with Crippen LogP contribution < -0.4 is 5.32 Å². The van der Waals surface area contributed by atoms with Crippen LogP contribution in [0, 0.1) is 19.3 Å². The normalized spacial score (nSPS) is 17.4. The second-order valence-electron chi connectivity index (χ2n) is 5.65. The number of sulfone groups is 1. The van der Waals surface area contributed by atoms with E-state index in [1.165, 1.54) is 6.26 Å². The van der Waals surface area contributed by atoms with Crippen LogP contribution in [0.4, 0.5) is 5.69 Å². The Morgan fingerprint density at radius 2 is 2.05 bits per heavy atom. The number of terminal acetylenes is 1. The predicted octanol–water partition coefficient (Wildman–Crippen LogP) is 1.91. The van der Waals surface area contributed by atoms with E-state index < -0.39 is 9.84 Å². The molecule has 1 aromatic carbocycles. The molecule has 0 radical (unpaired) electrons. The van der Waals surface area contributed by atoms with Gasteiger partial charge in [0.05, 0.1) is 11.4 Å². The average Bonchev–Trinajstić information content (AvgIpc) is 2.42. The molecule has 114 valence electrons. The summed E-state index contributed by atoms with van der Waals surface area (Å²) in [6.07, 6.45) is 8.60. The number of hydrogen-bond acceptors (Lipinski definition) is 4. The van der Waals surface area contributed by atoms with Crippen LogP contribution in [-0.4, -0.2) is 45.2 Å². The summed E-state index contributed by atoms with van der Waals surface area (Å²) in [6.45, 7) is 4.65. The summed E-state index contributed by atoms with van der Waals surface area (Å²) in [5.41, 5.74) is 1.97. The molecule has 5 heteroatoms. The molecule has 0 unspecified atom stereocenters. The van der Waals surface area contributed by atoms with Crippen LogP contribution in [0.5, 0.6) is 0 Å². The summed E-state index contributed by atoms with van der Waals surface area (Å²) in [7, 11) is -3.17. The van der Waals surface area contributed by atoms with Crippen molar-refractivity contribution >= 4 is 15.5 Å². The lowest BCUT2D eigenvalue weighted by molar-refractivity contribution is 0.243. The number of rotatable bonds is 4. The summed E-state index contributed by atoms with van der Waals surface area (Å²) in [5.74, 6) is 2.67. The molecule has 1 aliphatic rings. The van der Waals surface area contributed by atoms with Crippen LogP contribution in [0.3, 0.4) is 0 Å². The van der Waals surface area contributed by atoms with Gasteiger partial charge in [-0.05, 0) is 37.5 Å². The third-order valence-electron chi connectivity index (χ3n) is 3.90. The fourth-order valence-corrected chi connectivity index (χ4v) is 3.22. The summed E-state index contributed by atoms with van der Waals surface area (Å²) in [4.78, 5) is 2.62. The van der Waals surface area contributed by atoms with Crippen molar-refractivity contribution in [2.45, 2.75) is 30.7 Å². The van der Waals surface area contributed by atoms with Crippen LogP contribution in [0.2, 0.25) is 0 Å². The Hall–Kier alpha value is -1.51. The summed E-state index contributed by atoms with van der Waals surface area (Å²) >= 11 is 0. The fourth-order valence-electron chi connectivity index (χ4n) is 2.57. The Kier molecular flexibility index (Phi) is 4.92. The number of likely N-dealkylation sites (tertiary alicyclic amines) is 1. The number of hydrogen-bond donors (Lipinski definition) is 1. The number of nitrogens with one attached hydrogen (secondary N) is 1. The Balaban J connectivity index is 2.05. The van der Waals surface area contributed by atoms with Gasteiger partial charge in [0, 0.05) is 31.1 Å². The Labute approximate surface area is 127 Å². The van der Waals surface area contributed by atoms with Gasteiger partial charge in [-0.15, -0.1) is 6.42 Å². The van der Waals surface area contributed by atoms with Crippen molar-refractivity contribution in [1.29, 1.82) is 0 Å². The summed E-state index contributed by atoms with van der Waals surface area (Å²) < 4.78 is 23.3. The van der Waals surface area contributed by atoms with Gasteiger partial charge < -0.3 is 5.32 Å².